The van der Waals surface area contributed by atoms with Crippen molar-refractivity contribution in [3.8, 4) is 5.88 Å². The molecule has 1 aromatic heterocycles. The summed E-state index contributed by atoms with van der Waals surface area (Å²) in [5.74, 6) is 1.33. The Labute approximate surface area is 108 Å². The van der Waals surface area contributed by atoms with Gasteiger partial charge in [0.1, 0.15) is 0 Å². The molecule has 1 aliphatic rings. The van der Waals surface area contributed by atoms with Gasteiger partial charge < -0.3 is 4.74 Å². The van der Waals surface area contributed by atoms with E-state index in [4.69, 9.17) is 4.74 Å². The largest absolute Gasteiger partial charge is 0.481 e. The highest BCUT2D eigenvalue weighted by Crippen LogP contribution is 2.25. The Kier molecular flexibility index (Phi) is 3.61. The number of hydrogen-bond acceptors (Lipinski definition) is 4. The average molecular weight is 300 g/mol. The minimum Gasteiger partial charge on any atom is -0.481 e. The van der Waals surface area contributed by atoms with Gasteiger partial charge in [-0.15, -0.1) is 0 Å². The summed E-state index contributed by atoms with van der Waals surface area (Å²) in [6.45, 7) is 2.52. The highest BCUT2D eigenvalue weighted by atomic mass is 79.9. The van der Waals surface area contributed by atoms with E-state index in [-0.39, 0.29) is 5.91 Å². The van der Waals surface area contributed by atoms with Crippen molar-refractivity contribution >= 4 is 27.8 Å². The fourth-order valence-corrected chi connectivity index (χ4v) is 2.26. The number of alkyl halides is 1. The maximum absolute atomic E-state index is 11.8. The predicted octanol–water partition coefficient (Wildman–Crippen LogP) is 1.54. The number of ether oxygens (including phenoxy) is 1. The lowest BCUT2D eigenvalue weighted by atomic mass is 10.2. The Bertz CT molecular complexity index is 439. The molecule has 17 heavy (non-hydrogen) atoms. The standard InChI is InChI=1S/C11H14BrN3O2/c1-7-3-9(17-2)14-11(13-7)15-6-8(5-12)4-10(15)16/h3,8H,4-6H2,1-2H3. The van der Waals surface area contributed by atoms with Crippen molar-refractivity contribution in [1.82, 2.24) is 9.97 Å². The first-order chi connectivity index (χ1) is 8.13. The summed E-state index contributed by atoms with van der Waals surface area (Å²) >= 11 is 3.40. The van der Waals surface area contributed by atoms with Crippen LogP contribution >= 0.6 is 15.9 Å². The van der Waals surface area contributed by atoms with E-state index in [1.54, 1.807) is 18.1 Å². The Hall–Kier alpha value is -1.17. The number of nitrogens with zero attached hydrogens (tertiary/aromatic N) is 3. The molecule has 2 heterocycles. The first-order valence-electron chi connectivity index (χ1n) is 5.40. The number of anilines is 1. The monoisotopic (exact) mass is 299 g/mol. The average Bonchev–Trinajstić information content (AvgIpc) is 2.69. The molecule has 1 atom stereocenters. The van der Waals surface area contributed by atoms with Crippen LogP contribution in [0.4, 0.5) is 5.95 Å². The molecule has 1 fully saturated rings. The van der Waals surface area contributed by atoms with Crippen molar-refractivity contribution < 1.29 is 9.53 Å². The Balaban J connectivity index is 2.28. The third-order valence-corrected chi connectivity index (χ3v) is 3.61. The topological polar surface area (TPSA) is 55.3 Å². The van der Waals surface area contributed by atoms with Gasteiger partial charge in [-0.25, -0.2) is 4.98 Å². The summed E-state index contributed by atoms with van der Waals surface area (Å²) in [6.07, 6.45) is 0.546. The van der Waals surface area contributed by atoms with E-state index in [1.165, 1.54) is 0 Å². The summed E-state index contributed by atoms with van der Waals surface area (Å²) in [7, 11) is 1.55. The molecule has 1 saturated heterocycles. The number of halogens is 1. The summed E-state index contributed by atoms with van der Waals surface area (Å²) in [4.78, 5) is 22.0. The smallest absolute Gasteiger partial charge is 0.235 e. The molecule has 1 amide bonds. The van der Waals surface area contributed by atoms with Crippen molar-refractivity contribution in [2.24, 2.45) is 5.92 Å². The molecule has 1 aliphatic heterocycles. The van der Waals surface area contributed by atoms with E-state index in [9.17, 15) is 4.79 Å². The molecule has 5 nitrogen and oxygen atoms in total. The number of aromatic nitrogens is 2. The molecule has 0 spiro atoms. The summed E-state index contributed by atoms with van der Waals surface area (Å²) in [5, 5.41) is 0.818. The van der Waals surface area contributed by atoms with E-state index in [0.29, 0.717) is 30.7 Å². The molecule has 92 valence electrons. The van der Waals surface area contributed by atoms with Crippen molar-refractivity contribution in [2.45, 2.75) is 13.3 Å². The SMILES string of the molecule is COc1cc(C)nc(N2CC(CBr)CC2=O)n1. The lowest BCUT2D eigenvalue weighted by molar-refractivity contribution is -0.117. The van der Waals surface area contributed by atoms with Crippen molar-refractivity contribution in [1.29, 1.82) is 0 Å². The fraction of sp³-hybridized carbons (Fsp3) is 0.545. The van der Waals surface area contributed by atoms with Gasteiger partial charge in [0, 0.05) is 30.1 Å². The van der Waals surface area contributed by atoms with Gasteiger partial charge in [-0.1, -0.05) is 15.9 Å². The Morgan fingerprint density at radius 2 is 2.35 bits per heavy atom. The zero-order chi connectivity index (χ0) is 12.4. The van der Waals surface area contributed by atoms with Crippen molar-refractivity contribution in [2.75, 3.05) is 23.9 Å². The van der Waals surface area contributed by atoms with Crippen LogP contribution in [0.15, 0.2) is 6.07 Å². The number of amides is 1. The minimum absolute atomic E-state index is 0.0714. The third kappa shape index (κ3) is 2.57. The molecule has 0 bridgehead atoms. The number of rotatable bonds is 3. The molecular formula is C11H14BrN3O2. The number of aryl methyl sites for hydroxylation is 1. The molecule has 6 heteroatoms. The predicted molar refractivity (Wildman–Crippen MR) is 67.6 cm³/mol. The zero-order valence-electron chi connectivity index (χ0n) is 9.81. The molecular weight excluding hydrogens is 286 g/mol. The summed E-state index contributed by atoms with van der Waals surface area (Å²) < 4.78 is 5.09. The second-order valence-electron chi connectivity index (χ2n) is 4.08. The number of hydrogen-bond donors (Lipinski definition) is 0. The van der Waals surface area contributed by atoms with Gasteiger partial charge >= 0.3 is 0 Å². The van der Waals surface area contributed by atoms with Crippen LogP contribution < -0.4 is 9.64 Å². The fourth-order valence-electron chi connectivity index (χ4n) is 1.83. The van der Waals surface area contributed by atoms with E-state index < -0.39 is 0 Å². The van der Waals surface area contributed by atoms with E-state index in [1.807, 2.05) is 6.92 Å². The highest BCUT2D eigenvalue weighted by Gasteiger charge is 2.31. The lowest BCUT2D eigenvalue weighted by Gasteiger charge is -2.15. The first-order valence-corrected chi connectivity index (χ1v) is 6.52. The number of carbonyl (C=O) groups excluding carboxylic acids is 1. The number of methoxy groups -OCH3 is 1. The molecule has 1 unspecified atom stereocenters. The molecule has 1 aromatic rings. The quantitative estimate of drug-likeness (QED) is 0.795. The maximum atomic E-state index is 11.8. The van der Waals surface area contributed by atoms with E-state index >= 15 is 0 Å². The Morgan fingerprint density at radius 3 is 2.94 bits per heavy atom. The van der Waals surface area contributed by atoms with Gasteiger partial charge in [-0.05, 0) is 12.8 Å². The summed E-state index contributed by atoms with van der Waals surface area (Å²) in [6, 6.07) is 1.74. The van der Waals surface area contributed by atoms with Crippen LogP contribution in [0.25, 0.3) is 0 Å². The minimum atomic E-state index is 0.0714. The summed E-state index contributed by atoms with van der Waals surface area (Å²) in [5.41, 5.74) is 0.793. The van der Waals surface area contributed by atoms with Crippen molar-refractivity contribution in [3.63, 3.8) is 0 Å². The third-order valence-electron chi connectivity index (χ3n) is 2.69. The van der Waals surface area contributed by atoms with Crippen LogP contribution in [-0.2, 0) is 4.79 Å². The van der Waals surface area contributed by atoms with Gasteiger partial charge in [-0.2, -0.15) is 4.98 Å². The van der Waals surface area contributed by atoms with Crippen LogP contribution in [0.3, 0.4) is 0 Å². The highest BCUT2D eigenvalue weighted by molar-refractivity contribution is 9.09. The molecule has 0 saturated carbocycles. The van der Waals surface area contributed by atoms with Gasteiger partial charge in [0.15, 0.2) is 0 Å². The maximum Gasteiger partial charge on any atom is 0.235 e. The lowest BCUT2D eigenvalue weighted by Crippen LogP contribution is -2.27. The van der Waals surface area contributed by atoms with Crippen molar-refractivity contribution in [3.05, 3.63) is 11.8 Å². The second-order valence-corrected chi connectivity index (χ2v) is 4.73. The Morgan fingerprint density at radius 1 is 1.59 bits per heavy atom. The molecule has 0 radical (unpaired) electrons. The molecule has 0 aliphatic carbocycles. The van der Waals surface area contributed by atoms with Crippen LogP contribution in [-0.4, -0.2) is 34.9 Å². The van der Waals surface area contributed by atoms with Crippen LogP contribution in [0, 0.1) is 12.8 Å². The normalized spacial score (nSPS) is 19.8. The van der Waals surface area contributed by atoms with E-state index in [2.05, 4.69) is 25.9 Å². The van der Waals surface area contributed by atoms with Crippen LogP contribution in [0.5, 0.6) is 5.88 Å². The second kappa shape index (κ2) is 5.00. The number of carbonyl (C=O) groups is 1. The molecule has 0 aromatic carbocycles. The van der Waals surface area contributed by atoms with Gasteiger partial charge in [0.05, 0.1) is 7.11 Å². The van der Waals surface area contributed by atoms with E-state index in [0.717, 1.165) is 11.0 Å². The van der Waals surface area contributed by atoms with Crippen LogP contribution in [0.2, 0.25) is 0 Å². The first kappa shape index (κ1) is 12.3. The molecule has 2 rings (SSSR count). The molecule has 0 N–H and O–H groups in total. The van der Waals surface area contributed by atoms with Gasteiger partial charge in [0.25, 0.3) is 0 Å². The van der Waals surface area contributed by atoms with Gasteiger partial charge in [0.2, 0.25) is 17.7 Å². The van der Waals surface area contributed by atoms with Gasteiger partial charge in [-0.3, -0.25) is 9.69 Å². The zero-order valence-corrected chi connectivity index (χ0v) is 11.4. The van der Waals surface area contributed by atoms with Crippen LogP contribution in [0.1, 0.15) is 12.1 Å².